The second kappa shape index (κ2) is 79.0. The van der Waals surface area contributed by atoms with Crippen LogP contribution < -0.4 is 0 Å². The Morgan fingerprint density at radius 3 is 0.829 bits per heavy atom. The van der Waals surface area contributed by atoms with Crippen LogP contribution in [0.4, 0.5) is 0 Å². The second-order valence-electron chi connectivity index (χ2n) is 27.2. The normalized spacial score (nSPS) is 14.7. The summed E-state index contributed by atoms with van der Waals surface area (Å²) in [4.78, 5) is 58.7. The second-order valence-corrected chi connectivity index (χ2v) is 30.1. The van der Waals surface area contributed by atoms with Gasteiger partial charge in [0.2, 0.25) is 0 Å². The van der Waals surface area contributed by atoms with E-state index < -0.39 is 91.5 Å². The van der Waals surface area contributed by atoms with E-state index in [2.05, 4.69) is 167 Å². The van der Waals surface area contributed by atoms with Crippen LogP contribution in [0.5, 0.6) is 0 Å². The van der Waals surface area contributed by atoms with E-state index in [0.29, 0.717) is 19.3 Å². The molecule has 0 saturated carbocycles. The number of hydrogen-bond donors (Lipinski definition) is 4. The van der Waals surface area contributed by atoms with E-state index in [0.717, 1.165) is 141 Å². The van der Waals surface area contributed by atoms with Crippen LogP contribution >= 0.6 is 15.6 Å². The predicted octanol–water partition coefficient (Wildman–Crippen LogP) is 24.4. The fourth-order valence-corrected chi connectivity index (χ4v) is 12.4. The van der Waals surface area contributed by atoms with Gasteiger partial charge in [0.15, 0.2) is 6.10 Å². The molecule has 0 fully saturated rings. The molecule has 0 aliphatic carbocycles. The van der Waals surface area contributed by atoms with Gasteiger partial charge >= 0.3 is 33.6 Å². The lowest BCUT2D eigenvalue weighted by atomic mass is 10.0. The van der Waals surface area contributed by atoms with E-state index >= 15 is 0 Å². The quantitative estimate of drug-likeness (QED) is 0.0146. The van der Waals surface area contributed by atoms with Gasteiger partial charge in [-0.05, 0) is 141 Å². The minimum absolute atomic E-state index is 0.0822. The van der Waals surface area contributed by atoms with Gasteiger partial charge in [0.1, 0.15) is 25.4 Å². The Balaban J connectivity index is 4.49. The first-order chi connectivity index (χ1) is 51.2. The van der Waals surface area contributed by atoms with Crippen LogP contribution in [0.15, 0.2) is 146 Å². The number of aliphatic hydroxyl groups excluding tert-OH is 2. The van der Waals surface area contributed by atoms with Gasteiger partial charge in [-0.25, -0.2) is 9.13 Å². The standard InChI is InChI=1S/C87H148O16P2/c1-4-7-10-13-16-19-22-25-28-30-32-34-35-36-37-38-39-40-41-42-43-44-45-47-49-50-53-55-58-61-64-67-70-73-85(90)97-76-82(88)77-99-104(93,94)100-78-83(89)79-101-105(95,96)102-81-84(103-87(92)75-72-69-66-63-60-57-52-27-24-21-18-15-12-9-6-3)80-98-86(91)74-71-68-65-62-59-56-54-51-48-46-33-31-29-26-23-20-17-14-11-8-5-2/h7-8,10-11,16-17,19-20,25-29,32-34,36-37,46,51-52,54,59,62,82-84,88-89H,4-6,9,12-15,18,21-24,30-31,35,38-45,47-50,53,55-58,60-61,63-81H2,1-3H3,(H,93,94)(H,95,96)/b10-7-,11-8-,19-16-,20-17-,28-25-,29-26-,34-32-,37-36-,46-33-,52-27-,54-51-,62-59-. The highest BCUT2D eigenvalue weighted by Crippen LogP contribution is 2.45. The molecule has 18 heteroatoms. The first kappa shape index (κ1) is 100. The van der Waals surface area contributed by atoms with Crippen molar-refractivity contribution in [2.45, 2.75) is 347 Å². The molecule has 0 aliphatic rings. The van der Waals surface area contributed by atoms with Gasteiger partial charge in [-0.1, -0.05) is 314 Å². The van der Waals surface area contributed by atoms with Gasteiger partial charge < -0.3 is 34.2 Å². The number of allylic oxidation sites excluding steroid dienone is 24. The molecule has 0 aromatic rings. The highest BCUT2D eigenvalue weighted by molar-refractivity contribution is 7.47. The fourth-order valence-electron chi connectivity index (χ4n) is 10.8. The van der Waals surface area contributed by atoms with E-state index in [1.807, 2.05) is 0 Å². The molecule has 0 amide bonds. The van der Waals surface area contributed by atoms with E-state index in [4.69, 9.17) is 32.3 Å². The van der Waals surface area contributed by atoms with Gasteiger partial charge in [-0.15, -0.1) is 0 Å². The molecule has 0 bridgehead atoms. The summed E-state index contributed by atoms with van der Waals surface area (Å²) >= 11 is 0. The molecule has 0 aromatic carbocycles. The molecule has 0 rings (SSSR count). The monoisotopic (exact) mass is 1510 g/mol. The molecule has 0 aliphatic heterocycles. The molecule has 0 heterocycles. The molecule has 0 saturated heterocycles. The average molecular weight is 1510 g/mol. The molecule has 5 atom stereocenters. The molecule has 16 nitrogen and oxygen atoms in total. The molecule has 4 N–H and O–H groups in total. The predicted molar refractivity (Wildman–Crippen MR) is 436 cm³/mol. The summed E-state index contributed by atoms with van der Waals surface area (Å²) in [6.45, 7) is 2.40. The number of carbonyl (C=O) groups is 3. The van der Waals surface area contributed by atoms with Crippen LogP contribution in [0.25, 0.3) is 0 Å². The molecular formula is C87H148O16P2. The van der Waals surface area contributed by atoms with Crippen molar-refractivity contribution in [3.63, 3.8) is 0 Å². The zero-order valence-electron chi connectivity index (χ0n) is 65.9. The van der Waals surface area contributed by atoms with Crippen molar-refractivity contribution in [2.24, 2.45) is 0 Å². The first-order valence-electron chi connectivity index (χ1n) is 41.1. The van der Waals surface area contributed by atoms with Gasteiger partial charge in [0.05, 0.1) is 26.4 Å². The highest BCUT2D eigenvalue weighted by atomic mass is 31.2. The largest absolute Gasteiger partial charge is 0.472 e. The van der Waals surface area contributed by atoms with Crippen LogP contribution in [0, 0.1) is 0 Å². The lowest BCUT2D eigenvalue weighted by molar-refractivity contribution is -0.161. The first-order valence-corrected chi connectivity index (χ1v) is 44.1. The van der Waals surface area contributed by atoms with Crippen molar-refractivity contribution in [1.29, 1.82) is 0 Å². The number of ether oxygens (including phenoxy) is 3. The summed E-state index contributed by atoms with van der Waals surface area (Å²) in [5.74, 6) is -1.63. The summed E-state index contributed by atoms with van der Waals surface area (Å²) in [7, 11) is -9.81. The lowest BCUT2D eigenvalue weighted by Crippen LogP contribution is -2.30. The van der Waals surface area contributed by atoms with Crippen LogP contribution in [-0.2, 0) is 55.8 Å². The third-order valence-electron chi connectivity index (χ3n) is 17.0. The number of hydrogen-bond acceptors (Lipinski definition) is 14. The zero-order valence-corrected chi connectivity index (χ0v) is 67.6. The maximum Gasteiger partial charge on any atom is 0.472 e. The number of esters is 3. The molecule has 105 heavy (non-hydrogen) atoms. The molecule has 0 radical (unpaired) electrons. The van der Waals surface area contributed by atoms with Crippen LogP contribution in [0.2, 0.25) is 0 Å². The van der Waals surface area contributed by atoms with Gasteiger partial charge in [0.25, 0.3) is 0 Å². The number of rotatable bonds is 77. The minimum Gasteiger partial charge on any atom is -0.463 e. The minimum atomic E-state index is -4.95. The fraction of sp³-hybridized carbons (Fsp3) is 0.690. The number of phosphoric ester groups is 2. The Morgan fingerprint density at radius 2 is 0.505 bits per heavy atom. The Kier molecular flexibility index (Phi) is 75.6. The van der Waals surface area contributed by atoms with Crippen molar-refractivity contribution >= 4 is 33.6 Å². The van der Waals surface area contributed by atoms with Crippen LogP contribution in [-0.4, -0.2) is 95.9 Å². The maximum absolute atomic E-state index is 13.0. The number of unbranched alkanes of at least 4 members (excludes halogenated alkanes) is 30. The summed E-state index contributed by atoms with van der Waals surface area (Å²) in [6, 6.07) is 0. The third kappa shape index (κ3) is 80.3. The zero-order chi connectivity index (χ0) is 76.6. The highest BCUT2D eigenvalue weighted by Gasteiger charge is 2.29. The third-order valence-corrected chi connectivity index (χ3v) is 18.9. The molecular weight excluding hydrogens is 1360 g/mol. The van der Waals surface area contributed by atoms with Gasteiger partial charge in [0, 0.05) is 19.3 Å². The van der Waals surface area contributed by atoms with Gasteiger partial charge in [-0.3, -0.25) is 32.5 Å². The van der Waals surface area contributed by atoms with Gasteiger partial charge in [-0.2, -0.15) is 0 Å². The Hall–Kier alpha value is -4.57. The summed E-state index contributed by atoms with van der Waals surface area (Å²) in [5, 5.41) is 20.7. The maximum atomic E-state index is 13.0. The van der Waals surface area contributed by atoms with Crippen molar-refractivity contribution in [3.8, 4) is 0 Å². The van der Waals surface area contributed by atoms with Crippen molar-refractivity contribution in [2.75, 3.05) is 39.6 Å². The summed E-state index contributed by atoms with van der Waals surface area (Å²) in [6.07, 6.45) is 97.7. The van der Waals surface area contributed by atoms with E-state index in [-0.39, 0.29) is 19.3 Å². The van der Waals surface area contributed by atoms with E-state index in [9.17, 15) is 43.5 Å². The van der Waals surface area contributed by atoms with Crippen molar-refractivity contribution in [1.82, 2.24) is 0 Å². The van der Waals surface area contributed by atoms with E-state index in [1.54, 1.807) is 0 Å². The number of aliphatic hydroxyl groups is 2. The smallest absolute Gasteiger partial charge is 0.463 e. The number of carbonyl (C=O) groups excluding carboxylic acids is 3. The summed E-state index contributed by atoms with van der Waals surface area (Å²) < 4.78 is 61.1. The Bertz CT molecular complexity index is 2490. The number of phosphoric acid groups is 2. The Labute approximate surface area is 638 Å². The Morgan fingerprint density at radius 1 is 0.276 bits per heavy atom. The molecule has 0 spiro atoms. The topological polar surface area (TPSA) is 231 Å². The van der Waals surface area contributed by atoms with Crippen molar-refractivity contribution < 1.29 is 75.8 Å². The lowest BCUT2D eigenvalue weighted by Gasteiger charge is -2.21. The summed E-state index contributed by atoms with van der Waals surface area (Å²) in [5.41, 5.74) is 0. The van der Waals surface area contributed by atoms with Crippen LogP contribution in [0.3, 0.4) is 0 Å². The SMILES string of the molecule is CC/C=C\C/C=C\C/C=C\C/C=C\C/C=C\C/C=C\CCCCC(=O)OCC(COP(=O)(O)OCC(O)COP(=O)(O)OCC(O)COC(=O)CCCCCCCCCCCCCCCCCCC/C=C\C/C=C\C/C=C\C/C=C\C/C=C\CC)OC(=O)CCCCCCC/C=C\CCCCCCCC. The molecule has 602 valence electrons. The van der Waals surface area contributed by atoms with Crippen LogP contribution in [0.1, 0.15) is 329 Å². The van der Waals surface area contributed by atoms with Crippen molar-refractivity contribution in [3.05, 3.63) is 146 Å². The van der Waals surface area contributed by atoms with E-state index in [1.165, 1.54) is 128 Å². The molecule has 0 aromatic heterocycles. The average Bonchev–Trinajstić information content (AvgIpc) is 0.912. The molecule has 5 unspecified atom stereocenters.